The highest BCUT2D eigenvalue weighted by molar-refractivity contribution is 5.82. The molecule has 0 aromatic carbocycles. The molecule has 0 aliphatic heterocycles. The molecule has 1 unspecified atom stereocenters. The molecule has 0 rings (SSSR count). The maximum absolute atomic E-state index is 12.6. The van der Waals surface area contributed by atoms with E-state index in [4.69, 9.17) is 5.11 Å². The summed E-state index contributed by atoms with van der Waals surface area (Å²) >= 11 is 0. The van der Waals surface area contributed by atoms with Gasteiger partial charge in [-0.05, 0) is 13.8 Å². The number of carbonyl (C=O) groups excluding carboxylic acids is 1. The van der Waals surface area contributed by atoms with Crippen LogP contribution in [-0.4, -0.2) is 17.1 Å². The second kappa shape index (κ2) is 4.21. The third kappa shape index (κ3) is 4.85. The Kier molecular flexibility index (Phi) is 3.89. The van der Waals surface area contributed by atoms with Crippen molar-refractivity contribution in [3.8, 4) is 0 Å². The van der Waals surface area contributed by atoms with E-state index in [0.29, 0.717) is 5.57 Å². The summed E-state index contributed by atoms with van der Waals surface area (Å²) in [5.74, 6) is -0.873. The molecule has 0 spiro atoms. The molecule has 0 bridgehead atoms. The van der Waals surface area contributed by atoms with Crippen LogP contribution >= 0.6 is 0 Å². The smallest absolute Gasteiger partial charge is 0.362 e. The van der Waals surface area contributed by atoms with Gasteiger partial charge in [0.25, 0.3) is 0 Å². The number of alkyl halides is 1. The number of hydrogen-bond donors (Lipinski definition) is 1. The Morgan fingerprint density at radius 1 is 1.67 bits per heavy atom. The fourth-order valence-electron chi connectivity index (χ4n) is 0.491. The molecule has 0 saturated carbocycles. The molecule has 0 aromatic rings. The standard InChI is InChI=1S/C8H13FO3/c1-4-8(9,11)12-7(10)5-6(2)3/h5,11H,4H2,1-3H3. The van der Waals surface area contributed by atoms with Gasteiger partial charge in [-0.3, -0.25) is 0 Å². The topological polar surface area (TPSA) is 46.5 Å². The predicted octanol–water partition coefficient (Wildman–Crippen LogP) is 1.52. The fourth-order valence-corrected chi connectivity index (χ4v) is 0.491. The van der Waals surface area contributed by atoms with E-state index in [0.717, 1.165) is 6.08 Å². The number of esters is 1. The molecule has 0 saturated heterocycles. The number of ether oxygens (including phenoxy) is 1. The van der Waals surface area contributed by atoms with E-state index in [1.54, 1.807) is 13.8 Å². The molecule has 0 aliphatic rings. The molecule has 3 nitrogen and oxygen atoms in total. The first-order valence-corrected chi connectivity index (χ1v) is 3.66. The molecule has 70 valence electrons. The van der Waals surface area contributed by atoms with Gasteiger partial charge in [-0.25, -0.2) is 4.79 Å². The van der Waals surface area contributed by atoms with Gasteiger partial charge in [-0.15, -0.1) is 0 Å². The lowest BCUT2D eigenvalue weighted by molar-refractivity contribution is -0.272. The Morgan fingerprint density at radius 3 is 2.50 bits per heavy atom. The molecule has 4 heteroatoms. The van der Waals surface area contributed by atoms with Crippen LogP contribution in [0.1, 0.15) is 27.2 Å². The minimum Gasteiger partial charge on any atom is -0.401 e. The predicted molar refractivity (Wildman–Crippen MR) is 41.9 cm³/mol. The van der Waals surface area contributed by atoms with Crippen molar-refractivity contribution < 1.29 is 19.0 Å². The highest BCUT2D eigenvalue weighted by Crippen LogP contribution is 2.13. The molecule has 1 atom stereocenters. The number of rotatable bonds is 3. The normalized spacial score (nSPS) is 14.8. The third-order valence-electron chi connectivity index (χ3n) is 1.10. The minimum absolute atomic E-state index is 0.282. The molecule has 0 heterocycles. The SMILES string of the molecule is CCC(O)(F)OC(=O)C=C(C)C. The van der Waals surface area contributed by atoms with Crippen molar-refractivity contribution in [2.45, 2.75) is 33.2 Å². The maximum atomic E-state index is 12.6. The van der Waals surface area contributed by atoms with E-state index in [-0.39, 0.29) is 6.42 Å². The first-order valence-electron chi connectivity index (χ1n) is 3.66. The van der Waals surface area contributed by atoms with E-state index in [1.165, 1.54) is 6.92 Å². The van der Waals surface area contributed by atoms with E-state index in [9.17, 15) is 9.18 Å². The third-order valence-corrected chi connectivity index (χ3v) is 1.10. The van der Waals surface area contributed by atoms with Crippen LogP contribution in [-0.2, 0) is 9.53 Å². The Bertz CT molecular complexity index is 192. The Balaban J connectivity index is 4.10. The van der Waals surface area contributed by atoms with Gasteiger partial charge >= 0.3 is 12.0 Å². The van der Waals surface area contributed by atoms with Crippen LogP contribution in [0.5, 0.6) is 0 Å². The summed E-state index contributed by atoms with van der Waals surface area (Å²) in [6, 6.07) is -2.84. The van der Waals surface area contributed by atoms with Gasteiger partial charge < -0.3 is 9.84 Å². The second-order valence-electron chi connectivity index (χ2n) is 2.69. The van der Waals surface area contributed by atoms with Gasteiger partial charge in [-0.2, -0.15) is 4.39 Å². The van der Waals surface area contributed by atoms with Gasteiger partial charge in [0, 0.05) is 12.5 Å². The first kappa shape index (κ1) is 11.1. The lowest BCUT2D eigenvalue weighted by Crippen LogP contribution is -2.27. The van der Waals surface area contributed by atoms with E-state index in [2.05, 4.69) is 4.74 Å². The summed E-state index contributed by atoms with van der Waals surface area (Å²) in [6.45, 7) is 4.71. The monoisotopic (exact) mass is 176 g/mol. The van der Waals surface area contributed by atoms with Crippen LogP contribution < -0.4 is 0 Å². The maximum Gasteiger partial charge on any atom is 0.362 e. The number of aliphatic hydroxyl groups is 1. The van der Waals surface area contributed by atoms with Gasteiger partial charge in [0.15, 0.2) is 0 Å². The molecule has 0 aliphatic carbocycles. The molecule has 12 heavy (non-hydrogen) atoms. The first-order chi connectivity index (χ1) is 5.37. The van der Waals surface area contributed by atoms with Crippen molar-refractivity contribution in [2.75, 3.05) is 0 Å². The molecule has 0 aromatic heterocycles. The zero-order chi connectivity index (χ0) is 9.78. The molecular weight excluding hydrogens is 163 g/mol. The van der Waals surface area contributed by atoms with Gasteiger partial charge in [0.1, 0.15) is 0 Å². The van der Waals surface area contributed by atoms with Crippen LogP contribution in [0, 0.1) is 0 Å². The number of carbonyl (C=O) groups is 1. The molecular formula is C8H13FO3. The Labute approximate surface area is 70.8 Å². The van der Waals surface area contributed by atoms with Crippen LogP contribution in [0.2, 0.25) is 0 Å². The number of allylic oxidation sites excluding steroid dienone is 1. The Hall–Kier alpha value is -0.900. The van der Waals surface area contributed by atoms with Crippen LogP contribution in [0.15, 0.2) is 11.6 Å². The summed E-state index contributed by atoms with van der Waals surface area (Å²) in [5.41, 5.74) is 0.687. The lowest BCUT2D eigenvalue weighted by atomic mass is 10.3. The highest BCUT2D eigenvalue weighted by atomic mass is 19.2. The zero-order valence-corrected chi connectivity index (χ0v) is 7.43. The quantitative estimate of drug-likeness (QED) is 0.403. The van der Waals surface area contributed by atoms with Crippen LogP contribution in [0.3, 0.4) is 0 Å². The highest BCUT2D eigenvalue weighted by Gasteiger charge is 2.27. The summed E-state index contributed by atoms with van der Waals surface area (Å²) in [4.78, 5) is 10.7. The zero-order valence-electron chi connectivity index (χ0n) is 7.43. The van der Waals surface area contributed by atoms with E-state index < -0.39 is 12.0 Å². The molecule has 0 fully saturated rings. The Morgan fingerprint density at radius 2 is 2.17 bits per heavy atom. The van der Waals surface area contributed by atoms with Gasteiger partial charge in [-0.1, -0.05) is 12.5 Å². The number of hydrogen-bond acceptors (Lipinski definition) is 3. The molecule has 0 radical (unpaired) electrons. The molecule has 0 amide bonds. The van der Waals surface area contributed by atoms with Crippen LogP contribution in [0.4, 0.5) is 4.39 Å². The number of halogens is 1. The van der Waals surface area contributed by atoms with Crippen molar-refractivity contribution in [1.29, 1.82) is 0 Å². The van der Waals surface area contributed by atoms with Crippen molar-refractivity contribution >= 4 is 5.97 Å². The van der Waals surface area contributed by atoms with Crippen molar-refractivity contribution in [3.05, 3.63) is 11.6 Å². The second-order valence-corrected chi connectivity index (χ2v) is 2.69. The van der Waals surface area contributed by atoms with E-state index in [1.807, 2.05) is 0 Å². The van der Waals surface area contributed by atoms with Crippen molar-refractivity contribution in [2.24, 2.45) is 0 Å². The van der Waals surface area contributed by atoms with Gasteiger partial charge in [0.2, 0.25) is 0 Å². The fraction of sp³-hybridized carbons (Fsp3) is 0.625. The summed E-state index contributed by atoms with van der Waals surface area (Å²) in [6.07, 6.45) is 0.829. The van der Waals surface area contributed by atoms with Crippen LogP contribution in [0.25, 0.3) is 0 Å². The molecule has 1 N–H and O–H groups in total. The average Bonchev–Trinajstić information content (AvgIpc) is 1.84. The minimum atomic E-state index is -2.84. The largest absolute Gasteiger partial charge is 0.401 e. The van der Waals surface area contributed by atoms with Crippen molar-refractivity contribution in [1.82, 2.24) is 0 Å². The van der Waals surface area contributed by atoms with Gasteiger partial charge in [0.05, 0.1) is 0 Å². The lowest BCUT2D eigenvalue weighted by Gasteiger charge is -2.15. The summed E-state index contributed by atoms with van der Waals surface area (Å²) in [5, 5.41) is 8.67. The summed E-state index contributed by atoms with van der Waals surface area (Å²) in [7, 11) is 0. The van der Waals surface area contributed by atoms with E-state index >= 15 is 0 Å². The average molecular weight is 176 g/mol. The van der Waals surface area contributed by atoms with Crippen molar-refractivity contribution in [3.63, 3.8) is 0 Å². The summed E-state index contributed by atoms with van der Waals surface area (Å²) < 4.78 is 16.7.